The number of nitrogens with one attached hydrogen (secondary N) is 2. The molecule has 1 saturated carbocycles. The summed E-state index contributed by atoms with van der Waals surface area (Å²) < 4.78 is 0. The first-order chi connectivity index (χ1) is 10.7. The van der Waals surface area contributed by atoms with E-state index in [4.69, 9.17) is 4.99 Å². The van der Waals surface area contributed by atoms with E-state index in [2.05, 4.69) is 41.8 Å². The largest absolute Gasteiger partial charge is 0.357 e. The van der Waals surface area contributed by atoms with Crippen LogP contribution in [0.1, 0.15) is 56.7 Å². The highest BCUT2D eigenvalue weighted by Crippen LogP contribution is 2.43. The average Bonchev–Trinajstić information content (AvgIpc) is 2.88. The zero-order valence-electron chi connectivity index (χ0n) is 14.2. The molecule has 5 heteroatoms. The van der Waals surface area contributed by atoms with E-state index in [0.717, 1.165) is 44.1 Å². The van der Waals surface area contributed by atoms with Gasteiger partial charge in [-0.25, -0.2) is 4.98 Å². The number of thiazole rings is 1. The van der Waals surface area contributed by atoms with Crippen LogP contribution in [-0.4, -0.2) is 30.6 Å². The molecule has 124 valence electrons. The molecule has 1 fully saturated rings. The van der Waals surface area contributed by atoms with Gasteiger partial charge < -0.3 is 10.6 Å². The van der Waals surface area contributed by atoms with E-state index in [-0.39, 0.29) is 0 Å². The van der Waals surface area contributed by atoms with Gasteiger partial charge in [-0.2, -0.15) is 0 Å². The van der Waals surface area contributed by atoms with Crippen molar-refractivity contribution in [3.63, 3.8) is 0 Å². The molecule has 4 nitrogen and oxygen atoms in total. The quantitative estimate of drug-likeness (QED) is 0.437. The van der Waals surface area contributed by atoms with Crippen molar-refractivity contribution in [2.45, 2.75) is 59.3 Å². The molecule has 0 radical (unpaired) electrons. The Bertz CT molecular complexity index is 471. The fraction of sp³-hybridized carbons (Fsp3) is 0.765. The zero-order chi connectivity index (χ0) is 15.8. The third kappa shape index (κ3) is 4.97. The van der Waals surface area contributed by atoms with Crippen molar-refractivity contribution < 1.29 is 0 Å². The molecule has 0 saturated heterocycles. The average molecular weight is 323 g/mol. The van der Waals surface area contributed by atoms with Crippen LogP contribution in [0.4, 0.5) is 0 Å². The first-order valence-electron chi connectivity index (χ1n) is 8.60. The van der Waals surface area contributed by atoms with Crippen LogP contribution in [0.25, 0.3) is 0 Å². The van der Waals surface area contributed by atoms with Gasteiger partial charge in [0.1, 0.15) is 0 Å². The van der Waals surface area contributed by atoms with Crippen LogP contribution in [0.3, 0.4) is 0 Å². The number of nitrogens with zero attached hydrogens (tertiary/aromatic N) is 2. The fourth-order valence-corrected chi connectivity index (χ4v) is 3.67. The van der Waals surface area contributed by atoms with Crippen LogP contribution in [-0.2, 0) is 6.42 Å². The highest BCUT2D eigenvalue weighted by Gasteiger charge is 2.34. The van der Waals surface area contributed by atoms with Gasteiger partial charge in [0.05, 0.1) is 5.01 Å². The van der Waals surface area contributed by atoms with E-state index < -0.39 is 0 Å². The summed E-state index contributed by atoms with van der Waals surface area (Å²) in [6.45, 7) is 9.29. The monoisotopic (exact) mass is 322 g/mol. The lowest BCUT2D eigenvalue weighted by atomic mass is 9.67. The predicted molar refractivity (Wildman–Crippen MR) is 95.7 cm³/mol. The Hall–Kier alpha value is -1.10. The number of rotatable bonds is 8. The Morgan fingerprint density at radius 3 is 2.73 bits per heavy atom. The smallest absolute Gasteiger partial charge is 0.191 e. The molecule has 0 amide bonds. The van der Waals surface area contributed by atoms with Gasteiger partial charge in [0.25, 0.3) is 0 Å². The summed E-state index contributed by atoms with van der Waals surface area (Å²) in [5, 5.41) is 10.2. The molecule has 0 atom stereocenters. The lowest BCUT2D eigenvalue weighted by molar-refractivity contribution is 0.139. The Morgan fingerprint density at radius 2 is 2.18 bits per heavy atom. The Morgan fingerprint density at radius 1 is 1.36 bits per heavy atom. The summed E-state index contributed by atoms with van der Waals surface area (Å²) in [5.41, 5.74) is 1.62. The molecule has 0 unspecified atom stereocenters. The maximum absolute atomic E-state index is 4.81. The summed E-state index contributed by atoms with van der Waals surface area (Å²) in [6, 6.07) is 0. The number of guanidine groups is 1. The van der Waals surface area contributed by atoms with Crippen LogP contribution in [0.2, 0.25) is 0 Å². The van der Waals surface area contributed by atoms with Gasteiger partial charge in [0.15, 0.2) is 5.96 Å². The van der Waals surface area contributed by atoms with Crippen LogP contribution in [0.15, 0.2) is 10.4 Å². The van der Waals surface area contributed by atoms with Crippen molar-refractivity contribution in [2.75, 3.05) is 19.6 Å². The highest BCUT2D eigenvalue weighted by atomic mass is 32.1. The molecule has 2 N–H and O–H groups in total. The van der Waals surface area contributed by atoms with Gasteiger partial charge >= 0.3 is 0 Å². The maximum Gasteiger partial charge on any atom is 0.191 e. The maximum atomic E-state index is 4.81. The van der Waals surface area contributed by atoms with E-state index in [1.54, 1.807) is 11.3 Å². The second kappa shape index (κ2) is 8.51. The highest BCUT2D eigenvalue weighted by molar-refractivity contribution is 7.09. The van der Waals surface area contributed by atoms with Crippen molar-refractivity contribution in [1.29, 1.82) is 0 Å². The van der Waals surface area contributed by atoms with Crippen LogP contribution >= 0.6 is 11.3 Å². The van der Waals surface area contributed by atoms with Gasteiger partial charge in [-0.05, 0) is 44.9 Å². The SMILES string of the molecule is CCNC(=NCC1(CC)CCC1)NCCCc1nc(C)cs1. The van der Waals surface area contributed by atoms with E-state index in [1.807, 2.05) is 0 Å². The molecule has 1 aliphatic rings. The molecular formula is C17H30N4S. The first-order valence-corrected chi connectivity index (χ1v) is 9.48. The Kier molecular flexibility index (Phi) is 6.68. The molecule has 1 aliphatic carbocycles. The molecule has 0 bridgehead atoms. The van der Waals surface area contributed by atoms with Gasteiger partial charge in [0.2, 0.25) is 0 Å². The van der Waals surface area contributed by atoms with Gasteiger partial charge in [-0.15, -0.1) is 11.3 Å². The molecule has 1 aromatic heterocycles. The molecule has 0 spiro atoms. The number of aromatic nitrogens is 1. The second-order valence-corrected chi connectivity index (χ2v) is 7.26. The van der Waals surface area contributed by atoms with Gasteiger partial charge in [0, 0.05) is 37.1 Å². The first kappa shape index (κ1) is 17.3. The number of aryl methyl sites for hydroxylation is 2. The predicted octanol–water partition coefficient (Wildman–Crippen LogP) is 3.52. The minimum atomic E-state index is 0.487. The van der Waals surface area contributed by atoms with Gasteiger partial charge in [-0.1, -0.05) is 13.3 Å². The van der Waals surface area contributed by atoms with Crippen LogP contribution in [0, 0.1) is 12.3 Å². The number of aliphatic imine (C=N–C) groups is 1. The molecule has 2 rings (SSSR count). The third-order valence-electron chi connectivity index (χ3n) is 4.61. The van der Waals surface area contributed by atoms with E-state index in [0.29, 0.717) is 5.41 Å². The van der Waals surface area contributed by atoms with Crippen LogP contribution < -0.4 is 10.6 Å². The summed E-state index contributed by atoms with van der Waals surface area (Å²) in [6.07, 6.45) is 7.45. The standard InChI is InChI=1S/C17H30N4S/c1-4-17(9-7-10-17)13-20-16(18-5-2)19-11-6-8-15-21-14(3)12-22-15/h12H,4-11,13H2,1-3H3,(H2,18,19,20). The minimum Gasteiger partial charge on any atom is -0.357 e. The topological polar surface area (TPSA) is 49.3 Å². The molecular weight excluding hydrogens is 292 g/mol. The molecule has 1 heterocycles. The van der Waals surface area contributed by atoms with Crippen LogP contribution in [0.5, 0.6) is 0 Å². The lowest BCUT2D eigenvalue weighted by Crippen LogP contribution is -2.40. The zero-order valence-corrected chi connectivity index (χ0v) is 15.1. The van der Waals surface area contributed by atoms with E-state index in [1.165, 1.54) is 30.7 Å². The number of hydrogen-bond acceptors (Lipinski definition) is 3. The molecule has 0 aliphatic heterocycles. The van der Waals surface area contributed by atoms with Crippen molar-refractivity contribution >= 4 is 17.3 Å². The molecule has 22 heavy (non-hydrogen) atoms. The summed E-state index contributed by atoms with van der Waals surface area (Å²) >= 11 is 1.76. The second-order valence-electron chi connectivity index (χ2n) is 6.32. The fourth-order valence-electron chi connectivity index (χ4n) is 2.85. The van der Waals surface area contributed by atoms with E-state index >= 15 is 0 Å². The van der Waals surface area contributed by atoms with Gasteiger partial charge in [-0.3, -0.25) is 4.99 Å². The minimum absolute atomic E-state index is 0.487. The Labute approximate surface area is 138 Å². The summed E-state index contributed by atoms with van der Waals surface area (Å²) in [5.74, 6) is 0.970. The lowest BCUT2D eigenvalue weighted by Gasteiger charge is -2.40. The van der Waals surface area contributed by atoms with Crippen molar-refractivity contribution in [2.24, 2.45) is 10.4 Å². The van der Waals surface area contributed by atoms with Crippen molar-refractivity contribution in [1.82, 2.24) is 15.6 Å². The Balaban J connectivity index is 1.73. The summed E-state index contributed by atoms with van der Waals surface area (Å²) in [4.78, 5) is 9.32. The summed E-state index contributed by atoms with van der Waals surface area (Å²) in [7, 11) is 0. The molecule has 0 aromatic carbocycles. The third-order valence-corrected chi connectivity index (χ3v) is 5.63. The van der Waals surface area contributed by atoms with E-state index in [9.17, 15) is 0 Å². The normalized spacial score (nSPS) is 17.1. The number of hydrogen-bond donors (Lipinski definition) is 2. The van der Waals surface area contributed by atoms with Crippen molar-refractivity contribution in [3.05, 3.63) is 16.1 Å². The molecule has 1 aromatic rings. The van der Waals surface area contributed by atoms with Crippen molar-refractivity contribution in [3.8, 4) is 0 Å².